The number of H-pyrrole nitrogens is 1. The number of nitrogens with two attached hydrogens (primary N) is 1. The molecule has 1 aliphatic carbocycles. The van der Waals surface area contributed by atoms with Crippen molar-refractivity contribution in [3.05, 3.63) is 39.9 Å². The predicted octanol–water partition coefficient (Wildman–Crippen LogP) is 1.70. The van der Waals surface area contributed by atoms with E-state index in [0.717, 1.165) is 38.2 Å². The van der Waals surface area contributed by atoms with Gasteiger partial charge in [0, 0.05) is 23.4 Å². The highest BCUT2D eigenvalue weighted by molar-refractivity contribution is 6.03. The van der Waals surface area contributed by atoms with E-state index in [4.69, 9.17) is 10.5 Å². The van der Waals surface area contributed by atoms with Crippen molar-refractivity contribution in [2.45, 2.75) is 31.6 Å². The lowest BCUT2D eigenvalue weighted by Gasteiger charge is -2.47. The number of aromatic amines is 1. The van der Waals surface area contributed by atoms with Gasteiger partial charge in [0.05, 0.1) is 24.1 Å². The maximum atomic E-state index is 12.5. The molecule has 1 saturated heterocycles. The minimum absolute atomic E-state index is 0.0304. The van der Waals surface area contributed by atoms with Crippen molar-refractivity contribution >= 4 is 16.8 Å². The Hall–Kier alpha value is -2.21. The van der Waals surface area contributed by atoms with Gasteiger partial charge in [0.25, 0.3) is 5.91 Å². The van der Waals surface area contributed by atoms with Crippen LogP contribution in [0.5, 0.6) is 0 Å². The van der Waals surface area contributed by atoms with E-state index in [1.807, 2.05) is 0 Å². The van der Waals surface area contributed by atoms with Crippen LogP contribution in [0.4, 0.5) is 0 Å². The van der Waals surface area contributed by atoms with E-state index in [2.05, 4.69) is 9.97 Å². The zero-order valence-electron chi connectivity index (χ0n) is 12.8. The fourth-order valence-electron chi connectivity index (χ4n) is 4.00. The second-order valence-corrected chi connectivity index (χ2v) is 6.82. The molecule has 4 rings (SSSR count). The number of ether oxygens (including phenoxy) is 1. The molecule has 2 aromatic heterocycles. The van der Waals surface area contributed by atoms with Gasteiger partial charge < -0.3 is 15.5 Å². The Balaban J connectivity index is 1.77. The summed E-state index contributed by atoms with van der Waals surface area (Å²) in [6.45, 7) is 1.66. The van der Waals surface area contributed by atoms with E-state index in [1.54, 1.807) is 12.1 Å². The smallest absolute Gasteiger partial charge is 0.268 e. The molecule has 1 aliphatic heterocycles. The number of carbonyl (C=O) groups is 1. The molecule has 120 valence electrons. The number of amides is 1. The number of aromatic nitrogens is 2. The molecule has 2 fully saturated rings. The molecule has 0 aromatic carbocycles. The Morgan fingerprint density at radius 2 is 2.26 bits per heavy atom. The minimum Gasteiger partial charge on any atom is -0.380 e. The van der Waals surface area contributed by atoms with Gasteiger partial charge in [-0.15, -0.1) is 0 Å². The third-order valence-electron chi connectivity index (χ3n) is 5.19. The molecule has 1 amide bonds. The summed E-state index contributed by atoms with van der Waals surface area (Å²) in [5.41, 5.74) is 7.02. The fourth-order valence-corrected chi connectivity index (χ4v) is 4.00. The monoisotopic (exact) mass is 313 g/mol. The highest BCUT2D eigenvalue weighted by Crippen LogP contribution is 2.47. The molecule has 3 N–H and O–H groups in total. The van der Waals surface area contributed by atoms with Crippen LogP contribution in [0.2, 0.25) is 0 Å². The van der Waals surface area contributed by atoms with Crippen LogP contribution in [-0.4, -0.2) is 29.1 Å². The van der Waals surface area contributed by atoms with E-state index in [1.165, 1.54) is 12.6 Å². The number of primary amides is 1. The van der Waals surface area contributed by atoms with E-state index in [9.17, 15) is 9.59 Å². The quantitative estimate of drug-likeness (QED) is 0.881. The Labute approximate surface area is 133 Å². The second kappa shape index (κ2) is 5.16. The number of carbonyl (C=O) groups excluding carboxylic acids is 1. The van der Waals surface area contributed by atoms with Gasteiger partial charge in [0.2, 0.25) is 0 Å². The molecule has 23 heavy (non-hydrogen) atoms. The van der Waals surface area contributed by atoms with Crippen LogP contribution in [0.3, 0.4) is 0 Å². The van der Waals surface area contributed by atoms with E-state index in [-0.39, 0.29) is 16.5 Å². The summed E-state index contributed by atoms with van der Waals surface area (Å²) in [4.78, 5) is 31.3. The first-order valence-electron chi connectivity index (χ1n) is 7.97. The summed E-state index contributed by atoms with van der Waals surface area (Å²) >= 11 is 0. The van der Waals surface area contributed by atoms with E-state index >= 15 is 0 Å². The third kappa shape index (κ3) is 2.34. The number of rotatable bonds is 2. The topological polar surface area (TPSA) is 98.1 Å². The van der Waals surface area contributed by atoms with E-state index in [0.29, 0.717) is 16.8 Å². The van der Waals surface area contributed by atoms with Crippen LogP contribution in [0, 0.1) is 5.41 Å². The van der Waals surface area contributed by atoms with Crippen LogP contribution >= 0.6 is 0 Å². The number of fused-ring (bicyclic) bond motifs is 1. The number of pyridine rings is 2. The van der Waals surface area contributed by atoms with Crippen molar-refractivity contribution < 1.29 is 9.53 Å². The predicted molar refractivity (Wildman–Crippen MR) is 85.3 cm³/mol. The largest absolute Gasteiger partial charge is 0.380 e. The van der Waals surface area contributed by atoms with Crippen LogP contribution in [-0.2, 0) is 4.74 Å². The molecule has 0 radical (unpaired) electrons. The average molecular weight is 313 g/mol. The molecule has 6 nitrogen and oxygen atoms in total. The van der Waals surface area contributed by atoms with Crippen LogP contribution in [0.1, 0.15) is 47.8 Å². The molecule has 3 heterocycles. The summed E-state index contributed by atoms with van der Waals surface area (Å²) in [6, 6.07) is 3.33. The zero-order valence-corrected chi connectivity index (χ0v) is 12.8. The SMILES string of the molecule is NC(=O)c1nccc2[nH]c([C@H]3CCCC4(COC4)C3)cc(=O)c12. The van der Waals surface area contributed by atoms with E-state index < -0.39 is 5.91 Å². The number of nitrogens with zero attached hydrogens (tertiary/aromatic N) is 1. The summed E-state index contributed by atoms with van der Waals surface area (Å²) < 4.78 is 5.40. The second-order valence-electron chi connectivity index (χ2n) is 6.82. The number of hydrogen-bond acceptors (Lipinski definition) is 4. The fraction of sp³-hybridized carbons (Fsp3) is 0.471. The van der Waals surface area contributed by atoms with Crippen LogP contribution < -0.4 is 11.2 Å². The lowest BCUT2D eigenvalue weighted by Crippen LogP contribution is -2.45. The molecular formula is C17H19N3O3. The normalized spacial score (nSPS) is 22.9. The van der Waals surface area contributed by atoms with Crippen molar-refractivity contribution in [2.24, 2.45) is 11.1 Å². The molecule has 6 heteroatoms. The Morgan fingerprint density at radius 3 is 2.96 bits per heavy atom. The first kappa shape index (κ1) is 14.4. The van der Waals surface area contributed by atoms with Gasteiger partial charge in [-0.2, -0.15) is 0 Å². The summed E-state index contributed by atoms with van der Waals surface area (Å²) in [7, 11) is 0. The first-order valence-corrected chi connectivity index (χ1v) is 7.97. The molecule has 1 spiro atoms. The molecule has 2 aliphatic rings. The van der Waals surface area contributed by atoms with Crippen LogP contribution in [0.15, 0.2) is 23.1 Å². The van der Waals surface area contributed by atoms with Crippen molar-refractivity contribution in [2.75, 3.05) is 13.2 Å². The Morgan fingerprint density at radius 1 is 1.43 bits per heavy atom. The molecule has 2 aromatic rings. The first-order chi connectivity index (χ1) is 11.1. The van der Waals surface area contributed by atoms with Gasteiger partial charge in [-0.1, -0.05) is 6.42 Å². The van der Waals surface area contributed by atoms with Gasteiger partial charge in [-0.3, -0.25) is 14.6 Å². The summed E-state index contributed by atoms with van der Waals surface area (Å²) in [5.74, 6) is -0.355. The number of hydrogen-bond donors (Lipinski definition) is 2. The lowest BCUT2D eigenvalue weighted by atomic mass is 9.67. The molecule has 0 unspecified atom stereocenters. The summed E-state index contributed by atoms with van der Waals surface area (Å²) in [5, 5.41) is 0.279. The van der Waals surface area contributed by atoms with Gasteiger partial charge in [-0.25, -0.2) is 0 Å². The number of nitrogens with one attached hydrogen (secondary N) is 1. The standard InChI is InChI=1S/C17H19N3O3/c18-16(22)15-14-11(3-5-19-15)20-12(6-13(14)21)10-2-1-4-17(7-10)8-23-9-17/h3,5-6,10H,1-2,4,7-9H2,(H2,18,22)(H,20,21)/t10-/m0/s1. The van der Waals surface area contributed by atoms with Crippen molar-refractivity contribution in [1.29, 1.82) is 0 Å². The molecule has 1 saturated carbocycles. The highest BCUT2D eigenvalue weighted by atomic mass is 16.5. The molecular weight excluding hydrogens is 294 g/mol. The highest BCUT2D eigenvalue weighted by Gasteiger charge is 2.43. The Kier molecular flexibility index (Phi) is 3.23. The van der Waals surface area contributed by atoms with Gasteiger partial charge >= 0.3 is 0 Å². The van der Waals surface area contributed by atoms with Gasteiger partial charge in [0.15, 0.2) is 5.43 Å². The maximum Gasteiger partial charge on any atom is 0.268 e. The molecule has 1 atom stereocenters. The summed E-state index contributed by atoms with van der Waals surface area (Å²) in [6.07, 6.45) is 5.97. The minimum atomic E-state index is -0.683. The van der Waals surface area contributed by atoms with Crippen LogP contribution in [0.25, 0.3) is 10.9 Å². The van der Waals surface area contributed by atoms with Gasteiger partial charge in [0.1, 0.15) is 5.69 Å². The maximum absolute atomic E-state index is 12.5. The zero-order chi connectivity index (χ0) is 16.0. The molecule has 0 bridgehead atoms. The Bertz CT molecular complexity index is 839. The van der Waals surface area contributed by atoms with Crippen molar-refractivity contribution in [1.82, 2.24) is 9.97 Å². The van der Waals surface area contributed by atoms with Crippen molar-refractivity contribution in [3.8, 4) is 0 Å². The van der Waals surface area contributed by atoms with Gasteiger partial charge in [-0.05, 0) is 31.2 Å². The lowest BCUT2D eigenvalue weighted by molar-refractivity contribution is -0.134. The average Bonchev–Trinajstić information content (AvgIpc) is 2.52. The third-order valence-corrected chi connectivity index (χ3v) is 5.19. The van der Waals surface area contributed by atoms with Crippen molar-refractivity contribution in [3.63, 3.8) is 0 Å².